The number of benzene rings is 1. The lowest BCUT2D eigenvalue weighted by Crippen LogP contribution is -2.41. The molecule has 0 aliphatic heterocycles. The molecule has 2 rings (SSSR count). The smallest absolute Gasteiger partial charge is 0.137 e. The molecule has 1 saturated carbocycles. The second-order valence-corrected chi connectivity index (χ2v) is 5.27. The normalized spacial score (nSPS) is 25.0. The third-order valence-electron chi connectivity index (χ3n) is 2.69. The molecule has 1 fully saturated rings. The van der Waals surface area contributed by atoms with Gasteiger partial charge in [0.2, 0.25) is 0 Å². The van der Waals surface area contributed by atoms with E-state index in [1.54, 1.807) is 6.07 Å². The highest BCUT2D eigenvalue weighted by Gasteiger charge is 2.26. The number of alkyl halides is 1. The molecule has 0 spiro atoms. The summed E-state index contributed by atoms with van der Waals surface area (Å²) < 4.78 is 13.7. The van der Waals surface area contributed by atoms with E-state index < -0.39 is 0 Å². The Hall–Kier alpha value is -0.120. The highest BCUT2D eigenvalue weighted by atomic mass is 79.9. The van der Waals surface area contributed by atoms with Crippen molar-refractivity contribution in [3.05, 3.63) is 34.1 Å². The monoisotopic (exact) mass is 291 g/mol. The number of nitrogens with one attached hydrogen (secondary N) is 1. The van der Waals surface area contributed by atoms with E-state index in [9.17, 15) is 4.39 Å². The Morgan fingerprint density at radius 1 is 1.47 bits per heavy atom. The fourth-order valence-electron chi connectivity index (χ4n) is 1.65. The first-order valence-electron chi connectivity index (χ1n) is 4.97. The maximum Gasteiger partial charge on any atom is 0.137 e. The van der Waals surface area contributed by atoms with Gasteiger partial charge in [-0.3, -0.25) is 0 Å². The van der Waals surface area contributed by atoms with Crippen molar-refractivity contribution in [3.8, 4) is 0 Å². The van der Waals surface area contributed by atoms with Crippen LogP contribution in [0.25, 0.3) is 0 Å². The average molecular weight is 293 g/mol. The van der Waals surface area contributed by atoms with Gasteiger partial charge in [0.25, 0.3) is 0 Å². The molecular formula is C11H12BrClFN. The Balaban J connectivity index is 1.91. The Morgan fingerprint density at radius 3 is 2.87 bits per heavy atom. The molecule has 1 nitrogen and oxygen atoms in total. The summed E-state index contributed by atoms with van der Waals surface area (Å²) in [5.41, 5.74) is 0.952. The molecular weight excluding hydrogens is 280 g/mol. The van der Waals surface area contributed by atoms with E-state index in [0.29, 0.717) is 22.4 Å². The summed E-state index contributed by atoms with van der Waals surface area (Å²) in [4.78, 5) is 0. The lowest BCUT2D eigenvalue weighted by molar-refractivity contribution is 0.344. The van der Waals surface area contributed by atoms with Gasteiger partial charge in [0.05, 0.1) is 4.47 Å². The van der Waals surface area contributed by atoms with Crippen LogP contribution < -0.4 is 5.32 Å². The van der Waals surface area contributed by atoms with Crippen molar-refractivity contribution in [2.24, 2.45) is 0 Å². The van der Waals surface area contributed by atoms with Gasteiger partial charge < -0.3 is 5.32 Å². The Morgan fingerprint density at radius 2 is 2.20 bits per heavy atom. The van der Waals surface area contributed by atoms with E-state index in [-0.39, 0.29) is 5.82 Å². The summed E-state index contributed by atoms with van der Waals surface area (Å²) in [6, 6.07) is 5.58. The van der Waals surface area contributed by atoms with E-state index in [0.717, 1.165) is 18.4 Å². The zero-order valence-corrected chi connectivity index (χ0v) is 10.5. The molecule has 82 valence electrons. The van der Waals surface area contributed by atoms with Crippen molar-refractivity contribution in [2.75, 3.05) is 0 Å². The molecule has 0 aromatic heterocycles. The largest absolute Gasteiger partial charge is 0.310 e. The summed E-state index contributed by atoms with van der Waals surface area (Å²) in [5, 5.41) is 3.67. The van der Waals surface area contributed by atoms with Gasteiger partial charge in [-0.05, 0) is 40.4 Å². The van der Waals surface area contributed by atoms with Crippen LogP contribution in [0.3, 0.4) is 0 Å². The minimum atomic E-state index is -0.210. The zero-order valence-electron chi connectivity index (χ0n) is 8.14. The summed E-state index contributed by atoms with van der Waals surface area (Å²) in [5.74, 6) is -0.210. The predicted molar refractivity (Wildman–Crippen MR) is 63.6 cm³/mol. The molecule has 4 heteroatoms. The van der Waals surface area contributed by atoms with Crippen molar-refractivity contribution in [1.29, 1.82) is 0 Å². The van der Waals surface area contributed by atoms with Crippen molar-refractivity contribution in [1.82, 2.24) is 5.32 Å². The molecule has 0 heterocycles. The fourth-order valence-corrected chi connectivity index (χ4v) is 2.49. The summed E-state index contributed by atoms with van der Waals surface area (Å²) in [7, 11) is 0. The minimum absolute atomic E-state index is 0.210. The molecule has 1 aromatic rings. The van der Waals surface area contributed by atoms with Gasteiger partial charge in [-0.2, -0.15) is 0 Å². The van der Waals surface area contributed by atoms with Crippen molar-refractivity contribution in [2.45, 2.75) is 30.8 Å². The second-order valence-electron chi connectivity index (χ2n) is 3.86. The first kappa shape index (κ1) is 11.4. The molecule has 0 unspecified atom stereocenters. The van der Waals surface area contributed by atoms with Crippen LogP contribution in [0.5, 0.6) is 0 Å². The molecule has 0 bridgehead atoms. The van der Waals surface area contributed by atoms with Gasteiger partial charge in [-0.1, -0.05) is 12.1 Å². The third kappa shape index (κ3) is 2.71. The number of hydrogen-bond donors (Lipinski definition) is 1. The zero-order chi connectivity index (χ0) is 10.8. The Labute approximate surface area is 102 Å². The molecule has 1 aromatic carbocycles. The van der Waals surface area contributed by atoms with Crippen LogP contribution in [-0.2, 0) is 6.54 Å². The molecule has 0 radical (unpaired) electrons. The topological polar surface area (TPSA) is 12.0 Å². The van der Waals surface area contributed by atoms with Crippen LogP contribution in [0.4, 0.5) is 4.39 Å². The highest BCUT2D eigenvalue weighted by molar-refractivity contribution is 9.10. The number of hydrogen-bond acceptors (Lipinski definition) is 1. The maximum atomic E-state index is 13.2. The van der Waals surface area contributed by atoms with Crippen molar-refractivity contribution >= 4 is 27.5 Å². The van der Waals surface area contributed by atoms with Gasteiger partial charge in [-0.15, -0.1) is 11.6 Å². The predicted octanol–water partition coefficient (Wildman–Crippen LogP) is 3.45. The minimum Gasteiger partial charge on any atom is -0.310 e. The van der Waals surface area contributed by atoms with Crippen molar-refractivity contribution < 1.29 is 4.39 Å². The van der Waals surface area contributed by atoms with E-state index in [2.05, 4.69) is 21.2 Å². The van der Waals surface area contributed by atoms with Crippen molar-refractivity contribution in [3.63, 3.8) is 0 Å². The molecule has 0 amide bonds. The Bertz CT molecular complexity index is 352. The average Bonchev–Trinajstić information content (AvgIpc) is 2.17. The van der Waals surface area contributed by atoms with Gasteiger partial charge in [-0.25, -0.2) is 4.39 Å². The lowest BCUT2D eigenvalue weighted by Gasteiger charge is -2.31. The number of rotatable bonds is 3. The van der Waals surface area contributed by atoms with Crippen LogP contribution >= 0.6 is 27.5 Å². The van der Waals surface area contributed by atoms with Crippen LogP contribution in [0, 0.1) is 5.82 Å². The maximum absolute atomic E-state index is 13.2. The van der Waals surface area contributed by atoms with E-state index >= 15 is 0 Å². The highest BCUT2D eigenvalue weighted by Crippen LogP contribution is 2.26. The number of halogens is 3. The van der Waals surface area contributed by atoms with Gasteiger partial charge >= 0.3 is 0 Å². The molecule has 0 saturated heterocycles. The third-order valence-corrected chi connectivity index (χ3v) is 3.94. The van der Waals surface area contributed by atoms with E-state index in [1.165, 1.54) is 6.07 Å². The van der Waals surface area contributed by atoms with E-state index in [1.807, 2.05) is 6.07 Å². The fraction of sp³-hybridized carbons (Fsp3) is 0.455. The van der Waals surface area contributed by atoms with Crippen LogP contribution in [0.2, 0.25) is 0 Å². The molecule has 1 aliphatic carbocycles. The van der Waals surface area contributed by atoms with Crippen LogP contribution in [-0.4, -0.2) is 11.4 Å². The molecule has 1 aliphatic rings. The van der Waals surface area contributed by atoms with Gasteiger partial charge in [0.15, 0.2) is 0 Å². The second kappa shape index (κ2) is 4.81. The SMILES string of the molecule is Fc1cccc(CNC2CC(Cl)C2)c1Br. The summed E-state index contributed by atoms with van der Waals surface area (Å²) >= 11 is 9.11. The molecule has 1 N–H and O–H groups in total. The van der Waals surface area contributed by atoms with E-state index in [4.69, 9.17) is 11.6 Å². The quantitative estimate of drug-likeness (QED) is 0.842. The first-order chi connectivity index (χ1) is 7.16. The summed E-state index contributed by atoms with van der Waals surface area (Å²) in [6.45, 7) is 0.687. The lowest BCUT2D eigenvalue weighted by atomic mass is 9.92. The Kier molecular flexibility index (Phi) is 3.65. The van der Waals surface area contributed by atoms with Crippen LogP contribution in [0.1, 0.15) is 18.4 Å². The van der Waals surface area contributed by atoms with Crippen LogP contribution in [0.15, 0.2) is 22.7 Å². The van der Waals surface area contributed by atoms with Gasteiger partial charge in [0, 0.05) is 18.0 Å². The first-order valence-corrected chi connectivity index (χ1v) is 6.20. The standard InChI is InChI=1S/C11H12BrClFN/c12-11-7(2-1-3-10(11)14)6-15-9-4-8(13)5-9/h1-3,8-9,15H,4-6H2. The molecule has 0 atom stereocenters. The van der Waals surface area contributed by atoms with Gasteiger partial charge in [0.1, 0.15) is 5.82 Å². The summed E-state index contributed by atoms with van der Waals surface area (Å²) in [6.07, 6.45) is 2.02. The molecule has 15 heavy (non-hydrogen) atoms.